The molecular weight excluding hydrogens is 364 g/mol. The second kappa shape index (κ2) is 8.47. The molecule has 1 amide bonds. The van der Waals surface area contributed by atoms with Gasteiger partial charge in [-0.2, -0.15) is 4.99 Å². The van der Waals surface area contributed by atoms with Crippen molar-refractivity contribution in [2.24, 2.45) is 4.99 Å². The first kappa shape index (κ1) is 18.6. The van der Waals surface area contributed by atoms with Gasteiger partial charge in [-0.05, 0) is 78.9 Å². The Bertz CT molecular complexity index is 874. The Kier molecular flexibility index (Phi) is 6.06. The first-order valence-electron chi connectivity index (χ1n) is 8.16. The van der Waals surface area contributed by atoms with Gasteiger partial charge in [0.2, 0.25) is 0 Å². The number of aliphatic imine (C=N–C) groups is 1. The highest BCUT2D eigenvalue weighted by molar-refractivity contribution is 8.18. The normalized spacial score (nSPS) is 15.3. The standard InChI is InChI=1S/C20H20N2O2S2/c1-13-4-7-16(10-14(13)2)21-12-24-20-22-19(23)18(26-20)11-15-5-8-17(25-3)9-6-15/h4-11,21H,12H2,1-3H3. The minimum atomic E-state index is -0.259. The molecule has 0 radical (unpaired) electrons. The summed E-state index contributed by atoms with van der Waals surface area (Å²) in [6.07, 6.45) is 3.88. The van der Waals surface area contributed by atoms with Gasteiger partial charge in [-0.1, -0.05) is 18.2 Å². The van der Waals surface area contributed by atoms with Crippen molar-refractivity contribution in [3.05, 3.63) is 64.1 Å². The Hall–Kier alpha value is -2.18. The van der Waals surface area contributed by atoms with Gasteiger partial charge in [-0.3, -0.25) is 4.79 Å². The zero-order chi connectivity index (χ0) is 18.5. The van der Waals surface area contributed by atoms with Gasteiger partial charge in [0.05, 0.1) is 4.91 Å². The fraction of sp³-hybridized carbons (Fsp3) is 0.200. The molecule has 1 aliphatic heterocycles. The van der Waals surface area contributed by atoms with E-state index in [1.165, 1.54) is 27.8 Å². The van der Waals surface area contributed by atoms with Crippen LogP contribution in [0.2, 0.25) is 0 Å². The summed E-state index contributed by atoms with van der Waals surface area (Å²) in [6.45, 7) is 4.41. The lowest BCUT2D eigenvalue weighted by molar-refractivity contribution is -0.113. The minimum Gasteiger partial charge on any atom is -0.451 e. The number of ether oxygens (including phenoxy) is 1. The van der Waals surface area contributed by atoms with Gasteiger partial charge in [0.1, 0.15) is 0 Å². The zero-order valence-corrected chi connectivity index (χ0v) is 16.5. The Morgan fingerprint density at radius 3 is 2.62 bits per heavy atom. The number of carbonyl (C=O) groups excluding carboxylic acids is 1. The van der Waals surface area contributed by atoms with E-state index in [-0.39, 0.29) is 12.6 Å². The number of rotatable bonds is 5. The van der Waals surface area contributed by atoms with Crippen molar-refractivity contribution in [2.75, 3.05) is 18.3 Å². The number of nitrogens with one attached hydrogen (secondary N) is 1. The Morgan fingerprint density at radius 2 is 1.92 bits per heavy atom. The van der Waals surface area contributed by atoms with Crippen LogP contribution in [0.3, 0.4) is 0 Å². The number of carbonyl (C=O) groups is 1. The highest BCUT2D eigenvalue weighted by Gasteiger charge is 2.23. The van der Waals surface area contributed by atoms with E-state index in [0.717, 1.165) is 11.3 Å². The van der Waals surface area contributed by atoms with E-state index in [1.54, 1.807) is 11.8 Å². The molecule has 0 bridgehead atoms. The molecule has 1 N–H and O–H groups in total. The van der Waals surface area contributed by atoms with Gasteiger partial charge in [-0.25, -0.2) is 0 Å². The molecule has 6 heteroatoms. The SMILES string of the molecule is CSc1ccc(C=C2SC(OCNc3ccc(C)c(C)c3)=NC2=O)cc1. The summed E-state index contributed by atoms with van der Waals surface area (Å²) in [5.41, 5.74) is 4.42. The molecule has 0 unspecified atom stereocenters. The number of thioether (sulfide) groups is 2. The van der Waals surface area contributed by atoms with Gasteiger partial charge in [0, 0.05) is 10.6 Å². The van der Waals surface area contributed by atoms with Crippen LogP contribution in [0.4, 0.5) is 5.69 Å². The molecule has 0 spiro atoms. The van der Waals surface area contributed by atoms with Crippen molar-refractivity contribution in [2.45, 2.75) is 18.7 Å². The number of aryl methyl sites for hydroxylation is 2. The summed E-state index contributed by atoms with van der Waals surface area (Å²) in [7, 11) is 0. The highest BCUT2D eigenvalue weighted by atomic mass is 32.2. The third kappa shape index (κ3) is 4.71. The molecule has 0 saturated carbocycles. The summed E-state index contributed by atoms with van der Waals surface area (Å²) < 4.78 is 5.59. The first-order valence-corrected chi connectivity index (χ1v) is 10.2. The fourth-order valence-electron chi connectivity index (χ4n) is 2.34. The quantitative estimate of drug-likeness (QED) is 0.442. The topological polar surface area (TPSA) is 50.7 Å². The molecule has 0 atom stereocenters. The van der Waals surface area contributed by atoms with Crippen molar-refractivity contribution < 1.29 is 9.53 Å². The van der Waals surface area contributed by atoms with Crippen molar-refractivity contribution in [3.63, 3.8) is 0 Å². The van der Waals surface area contributed by atoms with Crippen LogP contribution >= 0.6 is 23.5 Å². The predicted molar refractivity (Wildman–Crippen MR) is 112 cm³/mol. The van der Waals surface area contributed by atoms with E-state index < -0.39 is 0 Å². The molecule has 2 aromatic carbocycles. The number of hydrogen-bond donors (Lipinski definition) is 1. The van der Waals surface area contributed by atoms with Crippen molar-refractivity contribution in [1.82, 2.24) is 0 Å². The molecular formula is C20H20N2O2S2. The van der Waals surface area contributed by atoms with Crippen LogP contribution in [-0.2, 0) is 9.53 Å². The van der Waals surface area contributed by atoms with E-state index in [4.69, 9.17) is 4.74 Å². The maximum Gasteiger partial charge on any atom is 0.287 e. The van der Waals surface area contributed by atoms with E-state index in [1.807, 2.05) is 42.7 Å². The second-order valence-electron chi connectivity index (χ2n) is 5.83. The van der Waals surface area contributed by atoms with Crippen LogP contribution in [0.15, 0.2) is 57.3 Å². The van der Waals surface area contributed by atoms with E-state index in [0.29, 0.717) is 10.1 Å². The Balaban J connectivity index is 1.55. The summed E-state index contributed by atoms with van der Waals surface area (Å²) in [5.74, 6) is -0.259. The van der Waals surface area contributed by atoms with Gasteiger partial charge in [0.15, 0.2) is 6.73 Å². The molecule has 4 nitrogen and oxygen atoms in total. The van der Waals surface area contributed by atoms with Crippen LogP contribution in [0.25, 0.3) is 6.08 Å². The number of benzene rings is 2. The molecule has 0 saturated heterocycles. The second-order valence-corrected chi connectivity index (χ2v) is 7.70. The molecule has 1 heterocycles. The van der Waals surface area contributed by atoms with Crippen LogP contribution < -0.4 is 5.32 Å². The molecule has 1 aliphatic rings. The molecule has 26 heavy (non-hydrogen) atoms. The van der Waals surface area contributed by atoms with E-state index in [2.05, 4.69) is 36.3 Å². The summed E-state index contributed by atoms with van der Waals surface area (Å²) in [4.78, 5) is 17.8. The average Bonchev–Trinajstić information content (AvgIpc) is 2.98. The van der Waals surface area contributed by atoms with Gasteiger partial charge in [-0.15, -0.1) is 11.8 Å². The Labute approximate surface area is 162 Å². The van der Waals surface area contributed by atoms with E-state index in [9.17, 15) is 4.79 Å². The lowest BCUT2D eigenvalue weighted by atomic mass is 10.1. The molecule has 134 valence electrons. The smallest absolute Gasteiger partial charge is 0.287 e. The molecule has 0 aliphatic carbocycles. The van der Waals surface area contributed by atoms with Gasteiger partial charge in [0.25, 0.3) is 11.1 Å². The minimum absolute atomic E-state index is 0.259. The lowest BCUT2D eigenvalue weighted by Crippen LogP contribution is -2.09. The monoisotopic (exact) mass is 384 g/mol. The predicted octanol–water partition coefficient (Wildman–Crippen LogP) is 5.08. The third-order valence-corrected chi connectivity index (χ3v) is 5.63. The third-order valence-electron chi connectivity index (χ3n) is 3.99. The zero-order valence-electron chi connectivity index (χ0n) is 14.9. The summed E-state index contributed by atoms with van der Waals surface area (Å²) in [5, 5.41) is 3.56. The highest BCUT2D eigenvalue weighted by Crippen LogP contribution is 2.29. The summed E-state index contributed by atoms with van der Waals surface area (Å²) in [6, 6.07) is 14.2. The first-order chi connectivity index (χ1) is 12.5. The Morgan fingerprint density at radius 1 is 1.15 bits per heavy atom. The molecule has 3 rings (SSSR count). The van der Waals surface area contributed by atoms with Gasteiger partial charge < -0.3 is 10.1 Å². The maximum absolute atomic E-state index is 12.0. The number of amides is 1. The molecule has 0 fully saturated rings. The van der Waals surface area contributed by atoms with Crippen molar-refractivity contribution in [3.8, 4) is 0 Å². The fourth-order valence-corrected chi connectivity index (χ4v) is 3.51. The average molecular weight is 385 g/mol. The van der Waals surface area contributed by atoms with Crippen molar-refractivity contribution in [1.29, 1.82) is 0 Å². The maximum atomic E-state index is 12.0. The van der Waals surface area contributed by atoms with Crippen LogP contribution in [0.5, 0.6) is 0 Å². The number of anilines is 1. The van der Waals surface area contributed by atoms with Crippen LogP contribution in [-0.4, -0.2) is 24.1 Å². The number of hydrogen-bond acceptors (Lipinski definition) is 5. The molecule has 0 aromatic heterocycles. The molecule has 2 aromatic rings. The van der Waals surface area contributed by atoms with Gasteiger partial charge >= 0.3 is 0 Å². The summed E-state index contributed by atoms with van der Waals surface area (Å²) >= 11 is 2.95. The number of nitrogens with zero attached hydrogens (tertiary/aromatic N) is 1. The van der Waals surface area contributed by atoms with Crippen LogP contribution in [0.1, 0.15) is 16.7 Å². The lowest BCUT2D eigenvalue weighted by Gasteiger charge is -2.09. The van der Waals surface area contributed by atoms with E-state index >= 15 is 0 Å². The van der Waals surface area contributed by atoms with Crippen LogP contribution in [0, 0.1) is 13.8 Å². The largest absolute Gasteiger partial charge is 0.451 e. The van der Waals surface area contributed by atoms with Crippen molar-refractivity contribution >= 4 is 46.4 Å².